The minimum Gasteiger partial charge on any atom is -0.497 e. The molecule has 0 aliphatic carbocycles. The molecule has 1 aliphatic heterocycles. The van der Waals surface area contributed by atoms with Gasteiger partial charge in [0.1, 0.15) is 17.4 Å². The number of amides is 1. The van der Waals surface area contributed by atoms with Crippen molar-refractivity contribution < 1.29 is 19.4 Å². The Morgan fingerprint density at radius 1 is 1.15 bits per heavy atom. The number of hydrogen-bond acceptors (Lipinski definition) is 7. The molecule has 0 bridgehead atoms. The predicted octanol–water partition coefficient (Wildman–Crippen LogP) is 3.17. The van der Waals surface area contributed by atoms with E-state index < -0.39 is 12.0 Å². The second kappa shape index (κ2) is 9.83. The molecule has 2 atom stereocenters. The van der Waals surface area contributed by atoms with Crippen LogP contribution in [0.1, 0.15) is 30.8 Å². The Hall–Kier alpha value is -3.72. The van der Waals surface area contributed by atoms with E-state index in [1.54, 1.807) is 31.0 Å². The lowest BCUT2D eigenvalue weighted by atomic mass is 9.87. The summed E-state index contributed by atoms with van der Waals surface area (Å²) >= 11 is 0. The summed E-state index contributed by atoms with van der Waals surface area (Å²) in [4.78, 5) is 22.7. The number of aliphatic imine (C=N–C) groups is 1. The van der Waals surface area contributed by atoms with Gasteiger partial charge in [-0.3, -0.25) is 4.79 Å². The van der Waals surface area contributed by atoms with Gasteiger partial charge in [0.25, 0.3) is 0 Å². The van der Waals surface area contributed by atoms with Crippen LogP contribution >= 0.6 is 0 Å². The molecule has 0 fully saturated rings. The maximum atomic E-state index is 13.6. The number of nitrogens with one attached hydrogen (secondary N) is 1. The number of aromatic nitrogens is 3. The van der Waals surface area contributed by atoms with E-state index in [-0.39, 0.29) is 12.5 Å². The molecule has 1 amide bonds. The quantitative estimate of drug-likeness (QED) is 0.547. The molecule has 1 aliphatic rings. The summed E-state index contributed by atoms with van der Waals surface area (Å²) in [5.41, 5.74) is 2.06. The van der Waals surface area contributed by atoms with Crippen LogP contribution in [0, 0.1) is 5.92 Å². The minimum atomic E-state index is -0.637. The van der Waals surface area contributed by atoms with Gasteiger partial charge in [0.15, 0.2) is 5.82 Å². The molecule has 172 valence electrons. The van der Waals surface area contributed by atoms with Crippen LogP contribution in [0.4, 0.5) is 11.6 Å². The third-order valence-electron chi connectivity index (χ3n) is 5.60. The highest BCUT2D eigenvalue weighted by Gasteiger charge is 2.39. The lowest BCUT2D eigenvalue weighted by Crippen LogP contribution is -2.39. The molecule has 2 aromatic carbocycles. The SMILES string of the molecule is COc1cccc(C2C(C(=O)Nc3ccccc3OC)C(C)=Nc3nc(CCCO)nn32)c1. The first-order valence-electron chi connectivity index (χ1n) is 10.7. The number of nitrogens with zero attached hydrogens (tertiary/aromatic N) is 4. The average Bonchev–Trinajstić information content (AvgIpc) is 3.24. The first-order valence-corrected chi connectivity index (χ1v) is 10.7. The number of aryl methyl sites for hydroxylation is 1. The number of carbonyl (C=O) groups is 1. The van der Waals surface area contributed by atoms with Crippen molar-refractivity contribution in [3.8, 4) is 11.5 Å². The number of fused-ring (bicyclic) bond motifs is 1. The number of methoxy groups -OCH3 is 2. The number of aliphatic hydroxyl groups is 1. The normalized spacial score (nSPS) is 17.2. The topological polar surface area (TPSA) is 111 Å². The lowest BCUT2D eigenvalue weighted by Gasteiger charge is -2.30. The van der Waals surface area contributed by atoms with Crippen molar-refractivity contribution in [3.63, 3.8) is 0 Å². The second-order valence-electron chi connectivity index (χ2n) is 7.74. The third kappa shape index (κ3) is 4.58. The molecule has 9 heteroatoms. The summed E-state index contributed by atoms with van der Waals surface area (Å²) in [6.45, 7) is 1.88. The van der Waals surface area contributed by atoms with Crippen molar-refractivity contribution in [2.24, 2.45) is 10.9 Å². The fourth-order valence-corrected chi connectivity index (χ4v) is 4.01. The molecule has 4 rings (SSSR count). The number of carbonyl (C=O) groups excluding carboxylic acids is 1. The highest BCUT2D eigenvalue weighted by Crippen LogP contribution is 2.37. The molecule has 2 heterocycles. The summed E-state index contributed by atoms with van der Waals surface area (Å²) in [7, 11) is 3.17. The van der Waals surface area contributed by atoms with E-state index in [1.165, 1.54) is 0 Å². The highest BCUT2D eigenvalue weighted by molar-refractivity contribution is 6.10. The average molecular weight is 450 g/mol. The number of hydrogen-bond donors (Lipinski definition) is 2. The summed E-state index contributed by atoms with van der Waals surface area (Å²) in [6.07, 6.45) is 1.07. The Morgan fingerprint density at radius 3 is 2.73 bits per heavy atom. The number of para-hydroxylation sites is 2. The Labute approximate surface area is 192 Å². The fraction of sp³-hybridized carbons (Fsp3) is 0.333. The predicted molar refractivity (Wildman–Crippen MR) is 124 cm³/mol. The summed E-state index contributed by atoms with van der Waals surface area (Å²) in [5, 5.41) is 16.8. The fourth-order valence-electron chi connectivity index (χ4n) is 4.01. The molecule has 33 heavy (non-hydrogen) atoms. The molecule has 2 N–H and O–H groups in total. The van der Waals surface area contributed by atoms with Crippen molar-refractivity contribution >= 4 is 23.3 Å². The van der Waals surface area contributed by atoms with E-state index in [1.807, 2.05) is 43.3 Å². The smallest absolute Gasteiger partial charge is 0.248 e. The first kappa shape index (κ1) is 22.5. The Bertz CT molecular complexity index is 1170. The van der Waals surface area contributed by atoms with Crippen LogP contribution in [-0.2, 0) is 11.2 Å². The molecule has 9 nitrogen and oxygen atoms in total. The first-order chi connectivity index (χ1) is 16.0. The molecule has 2 unspecified atom stereocenters. The number of ether oxygens (including phenoxy) is 2. The van der Waals surface area contributed by atoms with Gasteiger partial charge in [-0.2, -0.15) is 10.1 Å². The van der Waals surface area contributed by atoms with E-state index in [4.69, 9.17) is 9.47 Å². The van der Waals surface area contributed by atoms with Gasteiger partial charge in [-0.25, -0.2) is 9.67 Å². The van der Waals surface area contributed by atoms with Gasteiger partial charge in [-0.05, 0) is 43.2 Å². The van der Waals surface area contributed by atoms with Crippen LogP contribution in [0.15, 0.2) is 53.5 Å². The summed E-state index contributed by atoms with van der Waals surface area (Å²) in [6, 6.07) is 14.4. The van der Waals surface area contributed by atoms with Crippen molar-refractivity contribution in [2.75, 3.05) is 26.1 Å². The van der Waals surface area contributed by atoms with Gasteiger partial charge in [0.2, 0.25) is 11.9 Å². The van der Waals surface area contributed by atoms with Crippen LogP contribution in [0.2, 0.25) is 0 Å². The molecule has 0 radical (unpaired) electrons. The lowest BCUT2D eigenvalue weighted by molar-refractivity contribution is -0.118. The van der Waals surface area contributed by atoms with Gasteiger partial charge in [0.05, 0.1) is 25.9 Å². The zero-order chi connectivity index (χ0) is 23.4. The number of anilines is 1. The van der Waals surface area contributed by atoms with Gasteiger partial charge in [0, 0.05) is 18.7 Å². The van der Waals surface area contributed by atoms with Crippen molar-refractivity contribution in [1.29, 1.82) is 0 Å². The van der Waals surface area contributed by atoms with E-state index in [0.717, 1.165) is 5.56 Å². The van der Waals surface area contributed by atoms with E-state index in [0.29, 0.717) is 47.5 Å². The van der Waals surface area contributed by atoms with Crippen LogP contribution in [0.3, 0.4) is 0 Å². The monoisotopic (exact) mass is 449 g/mol. The molecule has 3 aromatic rings. The molecule has 0 spiro atoms. The van der Waals surface area contributed by atoms with E-state index in [9.17, 15) is 9.90 Å². The Balaban J connectivity index is 1.77. The van der Waals surface area contributed by atoms with Crippen molar-refractivity contribution in [3.05, 3.63) is 59.9 Å². The number of aliphatic hydroxyl groups excluding tert-OH is 1. The highest BCUT2D eigenvalue weighted by atomic mass is 16.5. The van der Waals surface area contributed by atoms with E-state index >= 15 is 0 Å². The largest absolute Gasteiger partial charge is 0.497 e. The number of rotatable bonds is 8. The van der Waals surface area contributed by atoms with Crippen LogP contribution < -0.4 is 14.8 Å². The van der Waals surface area contributed by atoms with Gasteiger partial charge in [-0.1, -0.05) is 24.3 Å². The Kier molecular flexibility index (Phi) is 6.69. The van der Waals surface area contributed by atoms with Crippen LogP contribution in [0.5, 0.6) is 11.5 Å². The third-order valence-corrected chi connectivity index (χ3v) is 5.60. The summed E-state index contributed by atoms with van der Waals surface area (Å²) < 4.78 is 12.5. The minimum absolute atomic E-state index is 0.0510. The van der Waals surface area contributed by atoms with Gasteiger partial charge < -0.3 is 19.9 Å². The van der Waals surface area contributed by atoms with Crippen molar-refractivity contribution in [1.82, 2.24) is 14.8 Å². The zero-order valence-corrected chi connectivity index (χ0v) is 18.9. The maximum absolute atomic E-state index is 13.6. The van der Waals surface area contributed by atoms with Crippen LogP contribution in [-0.4, -0.2) is 52.3 Å². The molecule has 0 saturated carbocycles. The van der Waals surface area contributed by atoms with Crippen LogP contribution in [0.25, 0.3) is 0 Å². The molecular formula is C24H27N5O4. The Morgan fingerprint density at radius 2 is 1.97 bits per heavy atom. The van der Waals surface area contributed by atoms with Gasteiger partial charge in [-0.15, -0.1) is 0 Å². The van der Waals surface area contributed by atoms with Gasteiger partial charge >= 0.3 is 0 Å². The number of benzene rings is 2. The second-order valence-corrected chi connectivity index (χ2v) is 7.74. The molecule has 1 aromatic heterocycles. The molecule has 0 saturated heterocycles. The van der Waals surface area contributed by atoms with E-state index in [2.05, 4.69) is 20.4 Å². The molecular weight excluding hydrogens is 422 g/mol. The summed E-state index contributed by atoms with van der Waals surface area (Å²) in [5.74, 6) is 1.40. The van der Waals surface area contributed by atoms with Crippen molar-refractivity contribution in [2.45, 2.75) is 25.8 Å². The standard InChI is InChI=1S/C24H27N5O4/c1-15-21(23(31)26-18-10-4-5-11-19(18)33-3)22(16-8-6-9-17(14-16)32-2)29-24(25-15)27-20(28-29)12-7-13-30/h4-6,8-11,14,21-22,30H,7,12-13H2,1-3H3,(H,26,31). The zero-order valence-electron chi connectivity index (χ0n) is 18.9. The maximum Gasteiger partial charge on any atom is 0.248 e.